The first-order valence-electron chi connectivity index (χ1n) is 5.50. The van der Waals surface area contributed by atoms with Gasteiger partial charge in [0.2, 0.25) is 5.82 Å². The van der Waals surface area contributed by atoms with Gasteiger partial charge in [0, 0.05) is 6.20 Å². The largest absolute Gasteiger partial charge is 0.451 e. The van der Waals surface area contributed by atoms with E-state index in [2.05, 4.69) is 15.1 Å². The molecule has 0 amide bonds. The molecule has 96 valence electrons. The highest BCUT2D eigenvalue weighted by Crippen LogP contribution is 2.21. The van der Waals surface area contributed by atoms with Crippen LogP contribution in [0.4, 0.5) is 0 Å². The van der Waals surface area contributed by atoms with Gasteiger partial charge in [-0.25, -0.2) is 4.79 Å². The number of thiophene rings is 1. The second-order valence-electron chi connectivity index (χ2n) is 3.65. The lowest BCUT2D eigenvalue weighted by atomic mass is 10.4. The summed E-state index contributed by atoms with van der Waals surface area (Å²) in [5.74, 6) is 0.310. The Hall–Kier alpha value is -2.41. The minimum Gasteiger partial charge on any atom is -0.451 e. The Labute approximate surface area is 112 Å². The fraction of sp³-hybridized carbons (Fsp3) is 0.0833. The van der Waals surface area contributed by atoms with Gasteiger partial charge in [-0.1, -0.05) is 11.2 Å². The molecule has 0 fully saturated rings. The van der Waals surface area contributed by atoms with Crippen LogP contribution in [-0.2, 0) is 11.3 Å². The van der Waals surface area contributed by atoms with Crippen LogP contribution in [0.15, 0.2) is 40.4 Å². The van der Waals surface area contributed by atoms with Crippen LogP contribution in [-0.4, -0.2) is 21.1 Å². The van der Waals surface area contributed by atoms with Crippen LogP contribution >= 0.6 is 11.3 Å². The van der Waals surface area contributed by atoms with E-state index in [1.807, 2.05) is 17.5 Å². The first-order valence-corrected chi connectivity index (χ1v) is 6.38. The molecule has 0 bridgehead atoms. The van der Waals surface area contributed by atoms with Crippen LogP contribution in [0, 0.1) is 0 Å². The molecule has 0 radical (unpaired) electrons. The third-order valence-corrected chi connectivity index (χ3v) is 3.22. The summed E-state index contributed by atoms with van der Waals surface area (Å²) in [6.07, 6.45) is 1.65. The van der Waals surface area contributed by atoms with Crippen molar-refractivity contribution in [3.05, 3.63) is 47.4 Å². The van der Waals surface area contributed by atoms with Crippen molar-refractivity contribution in [2.24, 2.45) is 0 Å². The summed E-state index contributed by atoms with van der Waals surface area (Å²) in [5, 5.41) is 5.75. The lowest BCUT2D eigenvalue weighted by molar-refractivity contribution is 0.0423. The molecule has 3 heterocycles. The number of aromatic amines is 1. The molecule has 0 aliphatic rings. The van der Waals surface area contributed by atoms with Gasteiger partial charge in [0.15, 0.2) is 6.61 Å². The zero-order valence-electron chi connectivity index (χ0n) is 9.70. The zero-order valence-corrected chi connectivity index (χ0v) is 10.5. The highest BCUT2D eigenvalue weighted by Gasteiger charge is 2.13. The van der Waals surface area contributed by atoms with Crippen molar-refractivity contribution in [1.29, 1.82) is 0 Å². The number of carbonyl (C=O) groups excluding carboxylic acids is 1. The van der Waals surface area contributed by atoms with Crippen molar-refractivity contribution in [3.8, 4) is 10.7 Å². The highest BCUT2D eigenvalue weighted by atomic mass is 32.1. The number of nitrogens with one attached hydrogen (secondary N) is 1. The summed E-state index contributed by atoms with van der Waals surface area (Å²) in [7, 11) is 0. The number of nitrogens with zero attached hydrogens (tertiary/aromatic N) is 2. The monoisotopic (exact) mass is 275 g/mol. The smallest absolute Gasteiger partial charge is 0.355 e. The van der Waals surface area contributed by atoms with Gasteiger partial charge in [-0.05, 0) is 23.6 Å². The van der Waals surface area contributed by atoms with Gasteiger partial charge in [-0.3, -0.25) is 0 Å². The van der Waals surface area contributed by atoms with Crippen molar-refractivity contribution in [3.63, 3.8) is 0 Å². The lowest BCUT2D eigenvalue weighted by Gasteiger charge is -1.98. The third kappa shape index (κ3) is 2.55. The maximum Gasteiger partial charge on any atom is 0.355 e. The number of ether oxygens (including phenoxy) is 1. The Kier molecular flexibility index (Phi) is 3.11. The molecule has 0 unspecified atom stereocenters. The topological polar surface area (TPSA) is 81.0 Å². The van der Waals surface area contributed by atoms with Crippen molar-refractivity contribution >= 4 is 17.3 Å². The van der Waals surface area contributed by atoms with Crippen molar-refractivity contribution < 1.29 is 14.1 Å². The minimum atomic E-state index is -0.458. The molecule has 0 aliphatic heterocycles. The fourth-order valence-electron chi connectivity index (χ4n) is 1.48. The van der Waals surface area contributed by atoms with Crippen LogP contribution in [0.1, 0.15) is 16.4 Å². The van der Waals surface area contributed by atoms with Crippen molar-refractivity contribution in [1.82, 2.24) is 15.1 Å². The normalized spacial score (nSPS) is 10.5. The molecule has 3 aromatic rings. The summed E-state index contributed by atoms with van der Waals surface area (Å²) in [6, 6.07) is 7.15. The van der Waals surface area contributed by atoms with Gasteiger partial charge in [0.05, 0.1) is 4.88 Å². The van der Waals surface area contributed by atoms with E-state index in [0.717, 1.165) is 4.88 Å². The molecule has 19 heavy (non-hydrogen) atoms. The van der Waals surface area contributed by atoms with E-state index in [-0.39, 0.29) is 12.5 Å². The Balaban J connectivity index is 1.63. The number of carbonyl (C=O) groups is 1. The molecule has 3 aromatic heterocycles. The molecule has 0 saturated carbocycles. The van der Waals surface area contributed by atoms with E-state index in [1.54, 1.807) is 18.3 Å². The summed E-state index contributed by atoms with van der Waals surface area (Å²) < 4.78 is 10.1. The third-order valence-electron chi connectivity index (χ3n) is 2.35. The SMILES string of the molecule is O=C(OCc1nc(-c2cccs2)no1)c1ccc[nH]1. The quantitative estimate of drug-likeness (QED) is 0.740. The van der Waals surface area contributed by atoms with Crippen LogP contribution in [0.3, 0.4) is 0 Å². The van der Waals surface area contributed by atoms with Gasteiger partial charge in [0.25, 0.3) is 5.89 Å². The minimum absolute atomic E-state index is 0.0454. The fourth-order valence-corrected chi connectivity index (χ4v) is 2.13. The number of aromatic nitrogens is 3. The maximum atomic E-state index is 11.6. The second-order valence-corrected chi connectivity index (χ2v) is 4.60. The molecule has 6 nitrogen and oxygen atoms in total. The summed E-state index contributed by atoms with van der Waals surface area (Å²) >= 11 is 1.51. The Bertz CT molecular complexity index is 658. The summed E-state index contributed by atoms with van der Waals surface area (Å²) in [5.41, 5.74) is 0.387. The number of H-pyrrole nitrogens is 1. The van der Waals surface area contributed by atoms with Crippen LogP contribution in [0.5, 0.6) is 0 Å². The zero-order chi connectivity index (χ0) is 13.1. The molecule has 3 rings (SSSR count). The summed E-state index contributed by atoms with van der Waals surface area (Å²) in [6.45, 7) is -0.0454. The highest BCUT2D eigenvalue weighted by molar-refractivity contribution is 7.13. The van der Waals surface area contributed by atoms with E-state index in [1.165, 1.54) is 11.3 Å². The van der Waals surface area contributed by atoms with Gasteiger partial charge >= 0.3 is 5.97 Å². The first kappa shape index (κ1) is 11.7. The predicted octanol–water partition coefficient (Wildman–Crippen LogP) is 2.48. The molecule has 0 aliphatic carbocycles. The molecule has 1 N–H and O–H groups in total. The van der Waals surface area contributed by atoms with Crippen LogP contribution in [0.25, 0.3) is 10.7 Å². The number of rotatable bonds is 4. The molecular weight excluding hydrogens is 266 g/mol. The van der Waals surface area contributed by atoms with E-state index >= 15 is 0 Å². The predicted molar refractivity (Wildman–Crippen MR) is 67.5 cm³/mol. The second kappa shape index (κ2) is 5.07. The first-order chi connectivity index (χ1) is 9.33. The van der Waals surface area contributed by atoms with E-state index < -0.39 is 5.97 Å². The molecular formula is C12H9N3O3S. The average molecular weight is 275 g/mol. The lowest BCUT2D eigenvalue weighted by Crippen LogP contribution is -2.05. The Morgan fingerprint density at radius 1 is 1.42 bits per heavy atom. The Morgan fingerprint density at radius 3 is 3.11 bits per heavy atom. The standard InChI is InChI=1S/C12H9N3O3S/c16-12(8-3-1-5-13-8)17-7-10-14-11(15-18-10)9-4-2-6-19-9/h1-6,13H,7H2. The summed E-state index contributed by atoms with van der Waals surface area (Å²) in [4.78, 5) is 19.4. The number of hydrogen-bond donors (Lipinski definition) is 1. The average Bonchev–Trinajstić information content (AvgIpc) is 3.14. The van der Waals surface area contributed by atoms with Crippen molar-refractivity contribution in [2.75, 3.05) is 0 Å². The molecule has 7 heteroatoms. The van der Waals surface area contributed by atoms with E-state index in [4.69, 9.17) is 9.26 Å². The maximum absolute atomic E-state index is 11.6. The van der Waals surface area contributed by atoms with Crippen LogP contribution < -0.4 is 0 Å². The van der Waals surface area contributed by atoms with E-state index in [0.29, 0.717) is 11.5 Å². The van der Waals surface area contributed by atoms with E-state index in [9.17, 15) is 4.79 Å². The molecule has 0 aromatic carbocycles. The van der Waals surface area contributed by atoms with Gasteiger partial charge < -0.3 is 14.2 Å². The van der Waals surface area contributed by atoms with Gasteiger partial charge in [-0.15, -0.1) is 11.3 Å². The van der Waals surface area contributed by atoms with Crippen LogP contribution in [0.2, 0.25) is 0 Å². The Morgan fingerprint density at radius 2 is 2.37 bits per heavy atom. The van der Waals surface area contributed by atoms with Gasteiger partial charge in [-0.2, -0.15) is 4.98 Å². The number of hydrogen-bond acceptors (Lipinski definition) is 6. The molecule has 0 atom stereocenters. The molecule has 0 spiro atoms. The van der Waals surface area contributed by atoms with Gasteiger partial charge in [0.1, 0.15) is 5.69 Å². The van der Waals surface area contributed by atoms with Crippen molar-refractivity contribution in [2.45, 2.75) is 6.61 Å². The number of esters is 1. The molecule has 0 saturated heterocycles.